The molecule has 0 aliphatic heterocycles. The van der Waals surface area contributed by atoms with Gasteiger partial charge in [0.1, 0.15) is 5.82 Å². The molecular formula is C15H14BrFN2O2. The molecule has 0 bridgehead atoms. The summed E-state index contributed by atoms with van der Waals surface area (Å²) >= 11 is 3.32. The minimum atomic E-state index is -0.432. The molecule has 0 amide bonds. The maximum Gasteiger partial charge on any atom is 0.338 e. The normalized spacial score (nSPS) is 10.2. The van der Waals surface area contributed by atoms with Crippen molar-refractivity contribution >= 4 is 39.0 Å². The Morgan fingerprint density at radius 1 is 1.29 bits per heavy atom. The first-order valence-electron chi connectivity index (χ1n) is 6.30. The van der Waals surface area contributed by atoms with E-state index in [1.807, 2.05) is 0 Å². The number of halogens is 2. The summed E-state index contributed by atoms with van der Waals surface area (Å²) in [7, 11) is 0. The van der Waals surface area contributed by atoms with Gasteiger partial charge in [-0.1, -0.05) is 0 Å². The van der Waals surface area contributed by atoms with Crippen LogP contribution in [0.3, 0.4) is 0 Å². The minimum Gasteiger partial charge on any atom is -0.462 e. The standard InChI is InChI=1S/C15H14BrFN2O2/c1-2-21-15(20)9-3-6-12(18)14(7-9)19-13-8-10(17)4-5-11(13)16/h3-8,19H,2,18H2,1H3. The van der Waals surface area contributed by atoms with E-state index in [-0.39, 0.29) is 5.82 Å². The fourth-order valence-corrected chi connectivity index (χ4v) is 2.09. The molecule has 0 atom stereocenters. The monoisotopic (exact) mass is 352 g/mol. The lowest BCUT2D eigenvalue weighted by Crippen LogP contribution is -2.06. The predicted octanol–water partition coefficient (Wildman–Crippen LogP) is 4.09. The highest BCUT2D eigenvalue weighted by Crippen LogP contribution is 2.30. The van der Waals surface area contributed by atoms with Gasteiger partial charge in [-0.15, -0.1) is 0 Å². The molecule has 3 N–H and O–H groups in total. The summed E-state index contributed by atoms with van der Waals surface area (Å²) in [5, 5.41) is 3.00. The molecule has 4 nitrogen and oxygen atoms in total. The second kappa shape index (κ2) is 6.58. The Hall–Kier alpha value is -2.08. The molecular weight excluding hydrogens is 339 g/mol. The number of nitrogens with one attached hydrogen (secondary N) is 1. The van der Waals surface area contributed by atoms with Crippen molar-refractivity contribution in [2.45, 2.75) is 6.92 Å². The molecule has 0 unspecified atom stereocenters. The molecule has 0 saturated heterocycles. The Kier molecular flexibility index (Phi) is 4.80. The molecule has 0 fully saturated rings. The van der Waals surface area contributed by atoms with E-state index in [1.54, 1.807) is 31.2 Å². The molecule has 0 radical (unpaired) electrons. The van der Waals surface area contributed by atoms with Gasteiger partial charge in [0.25, 0.3) is 0 Å². The van der Waals surface area contributed by atoms with Gasteiger partial charge in [-0.05, 0) is 59.3 Å². The van der Waals surface area contributed by atoms with Crippen LogP contribution in [0.1, 0.15) is 17.3 Å². The first kappa shape index (κ1) is 15.3. The van der Waals surface area contributed by atoms with Crippen molar-refractivity contribution in [1.82, 2.24) is 0 Å². The number of hydrogen-bond donors (Lipinski definition) is 2. The van der Waals surface area contributed by atoms with Gasteiger partial charge < -0.3 is 15.8 Å². The maximum absolute atomic E-state index is 13.3. The van der Waals surface area contributed by atoms with Crippen molar-refractivity contribution < 1.29 is 13.9 Å². The van der Waals surface area contributed by atoms with Crippen LogP contribution >= 0.6 is 15.9 Å². The van der Waals surface area contributed by atoms with E-state index in [0.717, 1.165) is 0 Å². The summed E-state index contributed by atoms with van der Waals surface area (Å²) in [5.74, 6) is -0.806. The van der Waals surface area contributed by atoms with Crippen molar-refractivity contribution in [2.75, 3.05) is 17.7 Å². The predicted molar refractivity (Wildman–Crippen MR) is 84.2 cm³/mol. The van der Waals surface area contributed by atoms with Crippen LogP contribution in [0.25, 0.3) is 0 Å². The third-order valence-corrected chi connectivity index (χ3v) is 3.45. The Morgan fingerprint density at radius 3 is 2.76 bits per heavy atom. The zero-order valence-electron chi connectivity index (χ0n) is 11.3. The van der Waals surface area contributed by atoms with Gasteiger partial charge in [-0.2, -0.15) is 0 Å². The van der Waals surface area contributed by atoms with E-state index in [1.165, 1.54) is 12.1 Å². The number of carbonyl (C=O) groups is 1. The highest BCUT2D eigenvalue weighted by Gasteiger charge is 2.10. The van der Waals surface area contributed by atoms with Gasteiger partial charge >= 0.3 is 5.97 Å². The number of benzene rings is 2. The quantitative estimate of drug-likeness (QED) is 0.642. The number of rotatable bonds is 4. The Balaban J connectivity index is 2.33. The number of nitrogens with two attached hydrogens (primary N) is 1. The lowest BCUT2D eigenvalue weighted by molar-refractivity contribution is 0.0526. The number of nitrogen functional groups attached to an aromatic ring is 1. The number of esters is 1. The number of carbonyl (C=O) groups excluding carboxylic acids is 1. The van der Waals surface area contributed by atoms with Crippen molar-refractivity contribution in [1.29, 1.82) is 0 Å². The zero-order valence-corrected chi connectivity index (χ0v) is 12.9. The summed E-state index contributed by atoms with van der Waals surface area (Å²) < 4.78 is 18.9. The lowest BCUT2D eigenvalue weighted by atomic mass is 10.1. The van der Waals surface area contributed by atoms with Crippen molar-refractivity contribution in [3.63, 3.8) is 0 Å². The zero-order chi connectivity index (χ0) is 15.4. The molecule has 110 valence electrons. The largest absolute Gasteiger partial charge is 0.462 e. The number of ether oxygens (including phenoxy) is 1. The van der Waals surface area contributed by atoms with Crippen LogP contribution in [0.2, 0.25) is 0 Å². The van der Waals surface area contributed by atoms with Crippen LogP contribution in [0.15, 0.2) is 40.9 Å². The maximum atomic E-state index is 13.3. The topological polar surface area (TPSA) is 64.3 Å². The second-order valence-electron chi connectivity index (χ2n) is 4.27. The smallest absolute Gasteiger partial charge is 0.338 e. The lowest BCUT2D eigenvalue weighted by Gasteiger charge is -2.12. The fourth-order valence-electron chi connectivity index (χ4n) is 1.74. The number of anilines is 3. The molecule has 0 aliphatic rings. The van der Waals surface area contributed by atoms with E-state index in [4.69, 9.17) is 10.5 Å². The van der Waals surface area contributed by atoms with Crippen LogP contribution in [0.4, 0.5) is 21.5 Å². The van der Waals surface area contributed by atoms with Crippen LogP contribution in [-0.2, 0) is 4.74 Å². The molecule has 2 rings (SSSR count). The third kappa shape index (κ3) is 3.72. The van der Waals surface area contributed by atoms with Crippen LogP contribution in [0, 0.1) is 5.82 Å². The van der Waals surface area contributed by atoms with Gasteiger partial charge in [-0.3, -0.25) is 0 Å². The van der Waals surface area contributed by atoms with E-state index in [0.29, 0.717) is 33.7 Å². The van der Waals surface area contributed by atoms with E-state index in [2.05, 4.69) is 21.2 Å². The third-order valence-electron chi connectivity index (χ3n) is 2.76. The average molecular weight is 353 g/mol. The molecule has 0 aliphatic carbocycles. The first-order chi connectivity index (χ1) is 10.0. The van der Waals surface area contributed by atoms with Gasteiger partial charge in [-0.25, -0.2) is 9.18 Å². The van der Waals surface area contributed by atoms with Crippen LogP contribution < -0.4 is 11.1 Å². The van der Waals surface area contributed by atoms with Gasteiger partial charge in [0.2, 0.25) is 0 Å². The van der Waals surface area contributed by atoms with Crippen molar-refractivity contribution in [3.8, 4) is 0 Å². The molecule has 0 aromatic heterocycles. The summed E-state index contributed by atoms with van der Waals surface area (Å²) in [6, 6.07) is 9.02. The molecule has 2 aromatic carbocycles. The highest BCUT2D eigenvalue weighted by atomic mass is 79.9. The second-order valence-corrected chi connectivity index (χ2v) is 5.13. The first-order valence-corrected chi connectivity index (χ1v) is 7.09. The molecule has 0 heterocycles. The Morgan fingerprint density at radius 2 is 2.05 bits per heavy atom. The van der Waals surface area contributed by atoms with Gasteiger partial charge in [0, 0.05) is 4.47 Å². The molecule has 21 heavy (non-hydrogen) atoms. The fraction of sp³-hybridized carbons (Fsp3) is 0.133. The van der Waals surface area contributed by atoms with E-state index in [9.17, 15) is 9.18 Å². The summed E-state index contributed by atoms with van der Waals surface area (Å²) in [6.07, 6.45) is 0. The molecule has 2 aromatic rings. The van der Waals surface area contributed by atoms with Gasteiger partial charge in [0.05, 0.1) is 29.2 Å². The van der Waals surface area contributed by atoms with E-state index >= 15 is 0 Å². The minimum absolute atomic E-state index is 0.293. The SMILES string of the molecule is CCOC(=O)c1ccc(N)c(Nc2cc(F)ccc2Br)c1. The summed E-state index contributed by atoms with van der Waals surface area (Å²) in [4.78, 5) is 11.7. The van der Waals surface area contributed by atoms with Crippen molar-refractivity contribution in [2.24, 2.45) is 0 Å². The van der Waals surface area contributed by atoms with Crippen molar-refractivity contribution in [3.05, 3.63) is 52.3 Å². The molecule has 0 saturated carbocycles. The Labute approximate surface area is 130 Å². The highest BCUT2D eigenvalue weighted by molar-refractivity contribution is 9.10. The van der Waals surface area contributed by atoms with Gasteiger partial charge in [0.15, 0.2) is 0 Å². The number of hydrogen-bond acceptors (Lipinski definition) is 4. The van der Waals surface area contributed by atoms with Crippen LogP contribution in [-0.4, -0.2) is 12.6 Å². The molecule has 0 spiro atoms. The summed E-state index contributed by atoms with van der Waals surface area (Å²) in [6.45, 7) is 2.03. The Bertz CT molecular complexity index is 677. The molecule has 6 heteroatoms. The van der Waals surface area contributed by atoms with E-state index < -0.39 is 5.97 Å². The average Bonchev–Trinajstić information content (AvgIpc) is 2.45. The van der Waals surface area contributed by atoms with Crippen LogP contribution in [0.5, 0.6) is 0 Å². The summed E-state index contributed by atoms with van der Waals surface area (Å²) in [5.41, 5.74) is 7.72.